The Kier molecular flexibility index (Phi) is 5.16. The smallest absolute Gasteiger partial charge is 0.241 e. The lowest BCUT2D eigenvalue weighted by Gasteiger charge is -2.27. The Morgan fingerprint density at radius 3 is 2.94 bits per heavy atom. The van der Waals surface area contributed by atoms with Gasteiger partial charge in [0.25, 0.3) is 0 Å². The third-order valence-corrected chi connectivity index (χ3v) is 3.05. The SMILES string of the molecule is O=C(Cn1cccn1)NCCCN1CCNCC1. The summed E-state index contributed by atoms with van der Waals surface area (Å²) in [7, 11) is 0. The number of amides is 1. The first-order valence-electron chi connectivity index (χ1n) is 6.52. The lowest BCUT2D eigenvalue weighted by Crippen LogP contribution is -2.44. The van der Waals surface area contributed by atoms with Gasteiger partial charge in [0.2, 0.25) is 5.91 Å². The number of carbonyl (C=O) groups is 1. The van der Waals surface area contributed by atoms with Crippen molar-refractivity contribution in [2.45, 2.75) is 13.0 Å². The van der Waals surface area contributed by atoms with Gasteiger partial charge in [-0.3, -0.25) is 9.48 Å². The maximum absolute atomic E-state index is 11.6. The monoisotopic (exact) mass is 251 g/mol. The van der Waals surface area contributed by atoms with E-state index in [4.69, 9.17) is 0 Å². The average Bonchev–Trinajstić information content (AvgIpc) is 2.89. The van der Waals surface area contributed by atoms with Gasteiger partial charge in [-0.1, -0.05) is 0 Å². The second kappa shape index (κ2) is 7.13. The first-order valence-corrected chi connectivity index (χ1v) is 6.52. The molecule has 0 aliphatic carbocycles. The van der Waals surface area contributed by atoms with E-state index in [0.29, 0.717) is 6.54 Å². The average molecular weight is 251 g/mol. The lowest BCUT2D eigenvalue weighted by atomic mass is 10.3. The Morgan fingerprint density at radius 2 is 2.22 bits per heavy atom. The van der Waals surface area contributed by atoms with Gasteiger partial charge in [-0.2, -0.15) is 5.10 Å². The van der Waals surface area contributed by atoms with E-state index in [1.54, 1.807) is 17.1 Å². The summed E-state index contributed by atoms with van der Waals surface area (Å²) in [5.74, 6) is 0.0269. The summed E-state index contributed by atoms with van der Waals surface area (Å²) in [6.07, 6.45) is 4.48. The molecule has 0 atom stereocenters. The van der Waals surface area contributed by atoms with Crippen LogP contribution >= 0.6 is 0 Å². The minimum absolute atomic E-state index is 0.0269. The summed E-state index contributed by atoms with van der Waals surface area (Å²) in [6, 6.07) is 1.82. The van der Waals surface area contributed by atoms with Gasteiger partial charge >= 0.3 is 0 Å². The minimum Gasteiger partial charge on any atom is -0.354 e. The molecule has 1 fully saturated rings. The Morgan fingerprint density at radius 1 is 1.39 bits per heavy atom. The summed E-state index contributed by atoms with van der Waals surface area (Å²) in [5.41, 5.74) is 0. The molecular formula is C12H21N5O. The molecule has 1 saturated heterocycles. The van der Waals surface area contributed by atoms with Gasteiger partial charge in [0, 0.05) is 45.1 Å². The molecule has 1 amide bonds. The van der Waals surface area contributed by atoms with Crippen molar-refractivity contribution in [2.75, 3.05) is 39.3 Å². The van der Waals surface area contributed by atoms with E-state index in [1.165, 1.54) is 0 Å². The van der Waals surface area contributed by atoms with Crippen LogP contribution in [-0.2, 0) is 11.3 Å². The predicted molar refractivity (Wildman–Crippen MR) is 69.2 cm³/mol. The predicted octanol–water partition coefficient (Wildman–Crippen LogP) is -0.705. The zero-order valence-corrected chi connectivity index (χ0v) is 10.6. The molecule has 0 bridgehead atoms. The summed E-state index contributed by atoms with van der Waals surface area (Å²) in [6.45, 7) is 6.48. The van der Waals surface area contributed by atoms with Crippen LogP contribution < -0.4 is 10.6 Å². The van der Waals surface area contributed by atoms with Crippen molar-refractivity contribution >= 4 is 5.91 Å². The number of hydrogen-bond donors (Lipinski definition) is 2. The highest BCUT2D eigenvalue weighted by Crippen LogP contribution is 1.93. The molecule has 1 aromatic heterocycles. The third kappa shape index (κ3) is 4.46. The lowest BCUT2D eigenvalue weighted by molar-refractivity contribution is -0.121. The zero-order chi connectivity index (χ0) is 12.6. The Balaban J connectivity index is 1.53. The number of piperazine rings is 1. The molecule has 2 rings (SSSR count). The van der Waals surface area contributed by atoms with E-state index >= 15 is 0 Å². The number of rotatable bonds is 6. The molecule has 6 heteroatoms. The van der Waals surface area contributed by atoms with E-state index in [0.717, 1.165) is 45.7 Å². The Hall–Kier alpha value is -1.40. The molecule has 1 aliphatic rings. The van der Waals surface area contributed by atoms with Gasteiger partial charge in [0.15, 0.2) is 0 Å². The highest BCUT2D eigenvalue weighted by Gasteiger charge is 2.08. The first kappa shape index (κ1) is 13.0. The van der Waals surface area contributed by atoms with Gasteiger partial charge < -0.3 is 15.5 Å². The van der Waals surface area contributed by atoms with Crippen molar-refractivity contribution in [3.63, 3.8) is 0 Å². The maximum Gasteiger partial charge on any atom is 0.241 e. The topological polar surface area (TPSA) is 62.2 Å². The van der Waals surface area contributed by atoms with E-state index in [1.807, 2.05) is 6.07 Å². The van der Waals surface area contributed by atoms with Gasteiger partial charge in [0.05, 0.1) is 0 Å². The van der Waals surface area contributed by atoms with E-state index in [9.17, 15) is 4.79 Å². The van der Waals surface area contributed by atoms with Crippen molar-refractivity contribution in [2.24, 2.45) is 0 Å². The first-order chi connectivity index (χ1) is 8.84. The largest absolute Gasteiger partial charge is 0.354 e. The van der Waals surface area contributed by atoms with Crippen LogP contribution in [0.4, 0.5) is 0 Å². The Bertz CT molecular complexity index is 345. The van der Waals surface area contributed by atoms with Crippen LogP contribution in [0.25, 0.3) is 0 Å². The zero-order valence-electron chi connectivity index (χ0n) is 10.6. The number of hydrogen-bond acceptors (Lipinski definition) is 4. The third-order valence-electron chi connectivity index (χ3n) is 3.05. The molecular weight excluding hydrogens is 230 g/mol. The molecule has 0 unspecified atom stereocenters. The van der Waals surface area contributed by atoms with Crippen LogP contribution in [0.1, 0.15) is 6.42 Å². The normalized spacial score (nSPS) is 16.7. The fraction of sp³-hybridized carbons (Fsp3) is 0.667. The van der Waals surface area contributed by atoms with Crippen LogP contribution in [0, 0.1) is 0 Å². The van der Waals surface area contributed by atoms with Crippen LogP contribution in [0.15, 0.2) is 18.5 Å². The molecule has 0 aromatic carbocycles. The summed E-state index contributed by atoms with van der Waals surface area (Å²) < 4.78 is 1.63. The summed E-state index contributed by atoms with van der Waals surface area (Å²) in [4.78, 5) is 14.0. The quantitative estimate of drug-likeness (QED) is 0.656. The fourth-order valence-electron chi connectivity index (χ4n) is 2.06. The Labute approximate surface area is 107 Å². The molecule has 2 heterocycles. The minimum atomic E-state index is 0.0269. The van der Waals surface area contributed by atoms with Crippen LogP contribution in [0.5, 0.6) is 0 Å². The van der Waals surface area contributed by atoms with Crippen molar-refractivity contribution in [3.05, 3.63) is 18.5 Å². The fourth-order valence-corrected chi connectivity index (χ4v) is 2.06. The summed E-state index contributed by atoms with van der Waals surface area (Å²) >= 11 is 0. The number of aromatic nitrogens is 2. The highest BCUT2D eigenvalue weighted by molar-refractivity contribution is 5.75. The number of carbonyl (C=O) groups excluding carboxylic acids is 1. The van der Waals surface area contributed by atoms with E-state index in [-0.39, 0.29) is 5.91 Å². The number of nitrogens with one attached hydrogen (secondary N) is 2. The van der Waals surface area contributed by atoms with Gasteiger partial charge in [-0.05, 0) is 19.0 Å². The molecule has 2 N–H and O–H groups in total. The van der Waals surface area contributed by atoms with Crippen molar-refractivity contribution in [3.8, 4) is 0 Å². The van der Waals surface area contributed by atoms with Crippen molar-refractivity contribution in [1.82, 2.24) is 25.3 Å². The van der Waals surface area contributed by atoms with Gasteiger partial charge in [0.1, 0.15) is 6.54 Å². The van der Waals surface area contributed by atoms with E-state index < -0.39 is 0 Å². The summed E-state index contributed by atoms with van der Waals surface area (Å²) in [5, 5.41) is 10.2. The molecule has 0 saturated carbocycles. The molecule has 100 valence electrons. The molecule has 1 aromatic rings. The maximum atomic E-state index is 11.6. The second-order valence-corrected chi connectivity index (χ2v) is 4.50. The standard InChI is InChI=1S/C12H21N5O/c18-12(11-17-8-2-4-15-17)14-3-1-7-16-9-5-13-6-10-16/h2,4,8,13H,1,3,5-7,9-11H2,(H,14,18). The van der Waals surface area contributed by atoms with E-state index in [2.05, 4.69) is 20.6 Å². The second-order valence-electron chi connectivity index (χ2n) is 4.50. The van der Waals surface area contributed by atoms with Gasteiger partial charge in [-0.15, -0.1) is 0 Å². The number of nitrogens with zero attached hydrogens (tertiary/aromatic N) is 3. The molecule has 0 spiro atoms. The van der Waals surface area contributed by atoms with Crippen molar-refractivity contribution < 1.29 is 4.79 Å². The van der Waals surface area contributed by atoms with Crippen LogP contribution in [0.3, 0.4) is 0 Å². The van der Waals surface area contributed by atoms with Crippen LogP contribution in [-0.4, -0.2) is 59.9 Å². The molecule has 0 radical (unpaired) electrons. The van der Waals surface area contributed by atoms with Gasteiger partial charge in [-0.25, -0.2) is 0 Å². The van der Waals surface area contributed by atoms with Crippen molar-refractivity contribution in [1.29, 1.82) is 0 Å². The van der Waals surface area contributed by atoms with Crippen LogP contribution in [0.2, 0.25) is 0 Å². The molecule has 6 nitrogen and oxygen atoms in total. The molecule has 1 aliphatic heterocycles. The highest BCUT2D eigenvalue weighted by atomic mass is 16.2. The molecule has 18 heavy (non-hydrogen) atoms.